The van der Waals surface area contributed by atoms with Crippen LogP contribution < -0.4 is 5.32 Å². The van der Waals surface area contributed by atoms with E-state index in [0.717, 1.165) is 12.1 Å². The number of nitrogens with one attached hydrogen (secondary N) is 1. The summed E-state index contributed by atoms with van der Waals surface area (Å²) in [6.45, 7) is 1.52. The topological polar surface area (TPSA) is 69.6 Å². The van der Waals surface area contributed by atoms with Gasteiger partial charge < -0.3 is 15.5 Å². The van der Waals surface area contributed by atoms with Crippen molar-refractivity contribution in [3.63, 3.8) is 0 Å². The molecule has 0 aliphatic heterocycles. The minimum atomic E-state index is -4.59. The molecule has 1 aromatic carbocycles. The summed E-state index contributed by atoms with van der Waals surface area (Å²) in [6, 6.07) is 2.39. The van der Waals surface area contributed by atoms with Gasteiger partial charge in [0.15, 0.2) is 0 Å². The molecule has 0 bridgehead atoms. The van der Waals surface area contributed by atoms with Crippen LogP contribution in [0, 0.1) is 0 Å². The second-order valence-electron chi connectivity index (χ2n) is 3.79. The molecule has 1 aromatic rings. The zero-order valence-corrected chi connectivity index (χ0v) is 9.45. The van der Waals surface area contributed by atoms with Gasteiger partial charge in [0.2, 0.25) is 0 Å². The summed E-state index contributed by atoms with van der Waals surface area (Å²) in [5.41, 5.74) is -1.47. The molecule has 0 saturated carbocycles. The molecule has 0 aliphatic carbocycles. The van der Waals surface area contributed by atoms with Gasteiger partial charge in [-0.05, 0) is 25.1 Å². The van der Waals surface area contributed by atoms with Crippen LogP contribution in [0.4, 0.5) is 18.9 Å². The Kier molecular flexibility index (Phi) is 4.18. The number of alkyl halides is 3. The van der Waals surface area contributed by atoms with Crippen LogP contribution in [0.25, 0.3) is 0 Å². The fourth-order valence-corrected chi connectivity index (χ4v) is 1.31. The number of aliphatic hydroxyl groups excluding tert-OH is 1. The van der Waals surface area contributed by atoms with Gasteiger partial charge in [-0.3, -0.25) is 0 Å². The maximum absolute atomic E-state index is 12.4. The molecule has 7 heteroatoms. The molecule has 0 fully saturated rings. The monoisotopic (exact) mass is 263 g/mol. The van der Waals surface area contributed by atoms with E-state index in [1.807, 2.05) is 0 Å². The fraction of sp³-hybridized carbons (Fsp3) is 0.364. The first-order valence-corrected chi connectivity index (χ1v) is 5.08. The number of halogens is 3. The van der Waals surface area contributed by atoms with Crippen molar-refractivity contribution in [2.75, 3.05) is 11.9 Å². The van der Waals surface area contributed by atoms with Gasteiger partial charge in [-0.1, -0.05) is 0 Å². The normalized spacial score (nSPS) is 13.2. The number of aliphatic hydroxyl groups is 1. The second-order valence-corrected chi connectivity index (χ2v) is 3.79. The second kappa shape index (κ2) is 5.26. The Morgan fingerprint density at radius 2 is 2.06 bits per heavy atom. The van der Waals surface area contributed by atoms with Crippen LogP contribution in [-0.2, 0) is 6.18 Å². The maximum atomic E-state index is 12.4. The Balaban J connectivity index is 3.09. The number of aromatic carboxylic acids is 1. The highest BCUT2D eigenvalue weighted by Gasteiger charge is 2.31. The molecular weight excluding hydrogens is 251 g/mol. The highest BCUT2D eigenvalue weighted by atomic mass is 19.4. The lowest BCUT2D eigenvalue weighted by molar-refractivity contribution is -0.137. The van der Waals surface area contributed by atoms with Gasteiger partial charge in [-0.15, -0.1) is 0 Å². The van der Waals surface area contributed by atoms with Crippen LogP contribution in [0.3, 0.4) is 0 Å². The first-order valence-electron chi connectivity index (χ1n) is 5.08. The van der Waals surface area contributed by atoms with E-state index < -0.39 is 29.4 Å². The molecule has 1 unspecified atom stereocenters. The Morgan fingerprint density at radius 3 is 2.50 bits per heavy atom. The summed E-state index contributed by atoms with van der Waals surface area (Å²) in [5.74, 6) is -1.46. The molecule has 4 nitrogen and oxygen atoms in total. The fourth-order valence-electron chi connectivity index (χ4n) is 1.31. The molecule has 100 valence electrons. The number of hydrogen-bond acceptors (Lipinski definition) is 3. The number of carbonyl (C=O) groups is 1. The SMILES string of the molecule is CC(O)CNc1ccc(C(F)(F)F)cc1C(=O)O. The first kappa shape index (κ1) is 14.3. The van der Waals surface area contributed by atoms with E-state index in [0.29, 0.717) is 6.07 Å². The van der Waals surface area contributed by atoms with Crippen LogP contribution in [0.2, 0.25) is 0 Å². The lowest BCUT2D eigenvalue weighted by Gasteiger charge is -2.13. The quantitative estimate of drug-likeness (QED) is 0.778. The van der Waals surface area contributed by atoms with Crippen molar-refractivity contribution in [1.29, 1.82) is 0 Å². The Labute approximate surface area is 101 Å². The highest BCUT2D eigenvalue weighted by molar-refractivity contribution is 5.94. The van der Waals surface area contributed by atoms with Crippen molar-refractivity contribution in [3.05, 3.63) is 29.3 Å². The number of benzene rings is 1. The average Bonchev–Trinajstić information content (AvgIpc) is 2.24. The Bertz CT molecular complexity index is 444. The first-order chi connectivity index (χ1) is 8.21. The smallest absolute Gasteiger partial charge is 0.416 e. The van der Waals surface area contributed by atoms with E-state index in [2.05, 4.69) is 5.32 Å². The summed E-state index contributed by atoms with van der Waals surface area (Å²) in [4.78, 5) is 10.9. The van der Waals surface area contributed by atoms with Crippen molar-refractivity contribution in [2.45, 2.75) is 19.2 Å². The van der Waals surface area contributed by atoms with Crippen LogP contribution in [0.1, 0.15) is 22.8 Å². The summed E-state index contributed by atoms with van der Waals surface area (Å²) in [7, 11) is 0. The van der Waals surface area contributed by atoms with Crippen molar-refractivity contribution < 1.29 is 28.2 Å². The molecule has 1 atom stereocenters. The minimum absolute atomic E-state index is 0.0383. The third-order valence-corrected chi connectivity index (χ3v) is 2.17. The Hall–Kier alpha value is -1.76. The number of anilines is 1. The summed E-state index contributed by atoms with van der Waals surface area (Å²) in [5, 5.41) is 20.5. The van der Waals surface area contributed by atoms with Crippen molar-refractivity contribution in [1.82, 2.24) is 0 Å². The van der Waals surface area contributed by atoms with E-state index in [9.17, 15) is 18.0 Å². The van der Waals surface area contributed by atoms with Gasteiger partial charge >= 0.3 is 12.1 Å². The van der Waals surface area contributed by atoms with E-state index in [1.54, 1.807) is 0 Å². The van der Waals surface area contributed by atoms with Gasteiger partial charge in [-0.2, -0.15) is 13.2 Å². The molecule has 0 aromatic heterocycles. The molecule has 1 rings (SSSR count). The molecule has 18 heavy (non-hydrogen) atoms. The predicted octanol–water partition coefficient (Wildman–Crippen LogP) is 2.20. The molecule has 0 heterocycles. The van der Waals surface area contributed by atoms with Crippen molar-refractivity contribution in [2.24, 2.45) is 0 Å². The molecule has 0 saturated heterocycles. The number of rotatable bonds is 4. The maximum Gasteiger partial charge on any atom is 0.416 e. The average molecular weight is 263 g/mol. The predicted molar refractivity (Wildman–Crippen MR) is 58.6 cm³/mol. The molecule has 0 spiro atoms. The van der Waals surface area contributed by atoms with Gasteiger partial charge in [0.25, 0.3) is 0 Å². The zero-order valence-electron chi connectivity index (χ0n) is 9.45. The Morgan fingerprint density at radius 1 is 1.44 bits per heavy atom. The summed E-state index contributed by atoms with van der Waals surface area (Å²) in [6.07, 6.45) is -5.33. The molecule has 0 amide bonds. The summed E-state index contributed by atoms with van der Waals surface area (Å²) >= 11 is 0. The number of carboxylic acids is 1. The highest BCUT2D eigenvalue weighted by Crippen LogP contribution is 2.31. The minimum Gasteiger partial charge on any atom is -0.478 e. The van der Waals surface area contributed by atoms with Crippen molar-refractivity contribution in [3.8, 4) is 0 Å². The largest absolute Gasteiger partial charge is 0.478 e. The zero-order chi connectivity index (χ0) is 13.9. The number of hydrogen-bond donors (Lipinski definition) is 3. The van der Waals surface area contributed by atoms with Crippen LogP contribution in [0.5, 0.6) is 0 Å². The van der Waals surface area contributed by atoms with E-state index in [1.165, 1.54) is 6.92 Å². The standard InChI is InChI=1S/C11H12F3NO3/c1-6(16)5-15-9-3-2-7(11(12,13)14)4-8(9)10(17)18/h2-4,6,15-16H,5H2,1H3,(H,17,18). The van der Waals surface area contributed by atoms with Gasteiger partial charge in [0.05, 0.1) is 17.2 Å². The van der Waals surface area contributed by atoms with E-state index in [-0.39, 0.29) is 12.2 Å². The lowest BCUT2D eigenvalue weighted by Crippen LogP contribution is -2.18. The van der Waals surface area contributed by atoms with Gasteiger partial charge in [0, 0.05) is 12.2 Å². The lowest BCUT2D eigenvalue weighted by atomic mass is 10.1. The number of carboxylic acid groups (broad SMARTS) is 1. The van der Waals surface area contributed by atoms with Crippen LogP contribution in [-0.4, -0.2) is 28.8 Å². The van der Waals surface area contributed by atoms with Crippen LogP contribution in [0.15, 0.2) is 18.2 Å². The van der Waals surface area contributed by atoms with Crippen molar-refractivity contribution >= 4 is 11.7 Å². The molecule has 3 N–H and O–H groups in total. The van der Waals surface area contributed by atoms with E-state index in [4.69, 9.17) is 10.2 Å². The van der Waals surface area contributed by atoms with E-state index >= 15 is 0 Å². The molecular formula is C11H12F3NO3. The van der Waals surface area contributed by atoms with Crippen LogP contribution >= 0.6 is 0 Å². The third-order valence-electron chi connectivity index (χ3n) is 2.17. The molecule has 0 radical (unpaired) electrons. The van der Waals surface area contributed by atoms with Gasteiger partial charge in [-0.25, -0.2) is 4.79 Å². The molecule has 0 aliphatic rings. The summed E-state index contributed by atoms with van der Waals surface area (Å²) < 4.78 is 37.3. The third kappa shape index (κ3) is 3.63. The van der Waals surface area contributed by atoms with Gasteiger partial charge in [0.1, 0.15) is 0 Å².